The minimum atomic E-state index is -0.482. The van der Waals surface area contributed by atoms with Crippen molar-refractivity contribution in [1.82, 2.24) is 20.2 Å². The van der Waals surface area contributed by atoms with E-state index in [0.29, 0.717) is 23.7 Å². The average molecular weight is 530 g/mol. The molecule has 0 bridgehead atoms. The summed E-state index contributed by atoms with van der Waals surface area (Å²) in [6, 6.07) is 6.17. The Morgan fingerprint density at radius 1 is 1.08 bits per heavy atom. The first-order valence-electron chi connectivity index (χ1n) is 13.3. The van der Waals surface area contributed by atoms with Gasteiger partial charge < -0.3 is 25.0 Å². The maximum absolute atomic E-state index is 12.0. The number of nitrogens with zero attached hydrogens (tertiary/aromatic N) is 3. The Bertz CT molecular complexity index is 1030. The first-order valence-corrected chi connectivity index (χ1v) is 13.7. The Hall–Kier alpha value is -2.58. The van der Waals surface area contributed by atoms with Gasteiger partial charge in [0.25, 0.3) is 0 Å². The van der Waals surface area contributed by atoms with Gasteiger partial charge in [0.1, 0.15) is 22.6 Å². The Kier molecular flexibility index (Phi) is 9.13. The number of aromatic nitrogens is 2. The topological polar surface area (TPSA) is 88.6 Å². The highest BCUT2D eigenvalue weighted by atomic mass is 35.5. The summed E-state index contributed by atoms with van der Waals surface area (Å²) in [7, 11) is 2.15. The van der Waals surface area contributed by atoms with E-state index in [0.717, 1.165) is 74.3 Å². The number of anilines is 1. The Morgan fingerprint density at radius 3 is 2.46 bits per heavy atom. The van der Waals surface area contributed by atoms with E-state index < -0.39 is 5.60 Å². The molecular weight excluding hydrogens is 490 g/mol. The predicted octanol–water partition coefficient (Wildman–Crippen LogP) is 5.77. The fraction of sp³-hybridized carbons (Fsp3) is 0.607. The quantitative estimate of drug-likeness (QED) is 0.440. The second kappa shape index (κ2) is 12.3. The van der Waals surface area contributed by atoms with Gasteiger partial charge in [-0.15, -0.1) is 0 Å². The summed E-state index contributed by atoms with van der Waals surface area (Å²) in [6.07, 6.45) is 9.63. The third kappa shape index (κ3) is 8.47. The zero-order valence-electron chi connectivity index (χ0n) is 22.4. The summed E-state index contributed by atoms with van der Waals surface area (Å²) in [5.41, 5.74) is 2.21. The molecule has 37 heavy (non-hydrogen) atoms. The van der Waals surface area contributed by atoms with Crippen molar-refractivity contribution in [2.75, 3.05) is 32.0 Å². The van der Waals surface area contributed by atoms with Crippen molar-refractivity contribution in [3.63, 3.8) is 0 Å². The lowest BCUT2D eigenvalue weighted by molar-refractivity contribution is 0.0515. The minimum absolute atomic E-state index is 0.243. The summed E-state index contributed by atoms with van der Waals surface area (Å²) in [5, 5.41) is 7.04. The van der Waals surface area contributed by atoms with Gasteiger partial charge in [-0.05, 0) is 90.5 Å². The summed E-state index contributed by atoms with van der Waals surface area (Å²) in [6.45, 7) is 8.38. The number of piperidine rings is 1. The van der Waals surface area contributed by atoms with Crippen molar-refractivity contribution in [1.29, 1.82) is 0 Å². The van der Waals surface area contributed by atoms with E-state index in [1.807, 2.05) is 39.0 Å². The van der Waals surface area contributed by atoms with E-state index in [1.165, 1.54) is 0 Å². The van der Waals surface area contributed by atoms with Crippen LogP contribution >= 0.6 is 11.6 Å². The van der Waals surface area contributed by atoms with Gasteiger partial charge in [-0.1, -0.05) is 11.6 Å². The molecule has 1 saturated heterocycles. The first-order chi connectivity index (χ1) is 17.6. The number of alkyl carbamates (subject to hydrolysis) is 1. The number of rotatable bonds is 7. The van der Waals surface area contributed by atoms with Crippen LogP contribution < -0.4 is 15.4 Å². The zero-order chi connectivity index (χ0) is 26.4. The van der Waals surface area contributed by atoms with Crippen LogP contribution in [0.2, 0.25) is 5.15 Å². The van der Waals surface area contributed by atoms with Gasteiger partial charge in [-0.25, -0.2) is 9.78 Å². The molecule has 0 spiro atoms. The van der Waals surface area contributed by atoms with Crippen LogP contribution in [0.4, 0.5) is 10.5 Å². The molecule has 1 amide bonds. The van der Waals surface area contributed by atoms with Gasteiger partial charge in [0, 0.05) is 43.1 Å². The van der Waals surface area contributed by atoms with Gasteiger partial charge in [0.15, 0.2) is 0 Å². The van der Waals surface area contributed by atoms with Crippen molar-refractivity contribution < 1.29 is 14.3 Å². The lowest BCUT2D eigenvalue weighted by atomic mass is 9.86. The molecule has 0 aromatic carbocycles. The highest BCUT2D eigenvalue weighted by molar-refractivity contribution is 6.29. The highest BCUT2D eigenvalue weighted by Gasteiger charge is 2.24. The number of carbonyl (C=O) groups is 1. The third-order valence-electron chi connectivity index (χ3n) is 6.99. The molecule has 0 radical (unpaired) electrons. The summed E-state index contributed by atoms with van der Waals surface area (Å²) >= 11 is 6.26. The molecule has 3 heterocycles. The van der Waals surface area contributed by atoms with Crippen molar-refractivity contribution >= 4 is 23.4 Å². The summed E-state index contributed by atoms with van der Waals surface area (Å²) in [5.74, 6) is 1.25. The zero-order valence-corrected chi connectivity index (χ0v) is 23.2. The Morgan fingerprint density at radius 2 is 1.81 bits per heavy atom. The summed E-state index contributed by atoms with van der Waals surface area (Å²) < 4.78 is 11.5. The van der Waals surface area contributed by atoms with Crippen LogP contribution in [-0.4, -0.2) is 65.4 Å². The third-order valence-corrected chi connectivity index (χ3v) is 7.20. The second-order valence-corrected chi connectivity index (χ2v) is 11.7. The number of nitrogens with one attached hydrogen (secondary N) is 2. The molecule has 9 heteroatoms. The molecule has 1 aliphatic heterocycles. The SMILES string of the molecule is CN1CCC(Oc2ccc(-c3cnc(Cl)cc3NC3CCC(CNC(=O)OC(C)(C)C)CC3)nc2)CC1. The monoisotopic (exact) mass is 529 g/mol. The lowest BCUT2D eigenvalue weighted by Crippen LogP contribution is -2.37. The number of ether oxygens (including phenoxy) is 2. The minimum Gasteiger partial charge on any atom is -0.489 e. The maximum atomic E-state index is 12.0. The number of amides is 1. The molecule has 202 valence electrons. The van der Waals surface area contributed by atoms with Crippen molar-refractivity contribution in [2.24, 2.45) is 5.92 Å². The molecule has 1 aliphatic carbocycles. The Balaban J connectivity index is 1.31. The molecular formula is C28H40ClN5O3. The maximum Gasteiger partial charge on any atom is 0.407 e. The van der Waals surface area contributed by atoms with E-state index in [9.17, 15) is 4.79 Å². The fourth-order valence-electron chi connectivity index (χ4n) is 4.93. The normalized spacial score (nSPS) is 21.3. The van der Waals surface area contributed by atoms with Crippen molar-refractivity contribution in [3.8, 4) is 17.0 Å². The second-order valence-electron chi connectivity index (χ2n) is 11.3. The number of hydrogen-bond acceptors (Lipinski definition) is 7. The molecule has 2 fully saturated rings. The number of likely N-dealkylation sites (tertiary alicyclic amines) is 1. The van der Waals surface area contributed by atoms with Crippen LogP contribution in [0.25, 0.3) is 11.3 Å². The molecule has 8 nitrogen and oxygen atoms in total. The van der Waals surface area contributed by atoms with Crippen LogP contribution in [0.15, 0.2) is 30.6 Å². The molecule has 2 aromatic rings. The van der Waals surface area contributed by atoms with E-state index in [2.05, 4.69) is 32.5 Å². The number of pyridine rings is 2. The molecule has 1 saturated carbocycles. The molecule has 0 atom stereocenters. The van der Waals surface area contributed by atoms with E-state index in [1.54, 1.807) is 12.4 Å². The van der Waals surface area contributed by atoms with E-state index in [4.69, 9.17) is 21.1 Å². The molecule has 0 unspecified atom stereocenters. The predicted molar refractivity (Wildman–Crippen MR) is 147 cm³/mol. The number of halogens is 1. The largest absolute Gasteiger partial charge is 0.489 e. The van der Waals surface area contributed by atoms with Crippen LogP contribution in [0, 0.1) is 5.92 Å². The van der Waals surface area contributed by atoms with Gasteiger partial charge in [-0.3, -0.25) is 4.98 Å². The molecule has 2 aromatic heterocycles. The van der Waals surface area contributed by atoms with E-state index in [-0.39, 0.29) is 12.2 Å². The molecule has 2 aliphatic rings. The van der Waals surface area contributed by atoms with Gasteiger partial charge >= 0.3 is 6.09 Å². The van der Waals surface area contributed by atoms with Gasteiger partial charge in [0.05, 0.1) is 11.9 Å². The number of carbonyl (C=O) groups excluding carboxylic acids is 1. The van der Waals surface area contributed by atoms with Crippen LogP contribution in [0.5, 0.6) is 5.75 Å². The van der Waals surface area contributed by atoms with Crippen molar-refractivity contribution in [2.45, 2.75) is 77.0 Å². The smallest absolute Gasteiger partial charge is 0.407 e. The fourth-order valence-corrected chi connectivity index (χ4v) is 5.09. The summed E-state index contributed by atoms with van der Waals surface area (Å²) in [4.78, 5) is 23.3. The van der Waals surface area contributed by atoms with Crippen LogP contribution in [0.1, 0.15) is 59.3 Å². The number of hydrogen-bond donors (Lipinski definition) is 2. The van der Waals surface area contributed by atoms with Gasteiger partial charge in [-0.2, -0.15) is 0 Å². The average Bonchev–Trinajstić information content (AvgIpc) is 2.85. The molecule has 2 N–H and O–H groups in total. The molecule has 4 rings (SSSR count). The Labute approximate surface area is 225 Å². The van der Waals surface area contributed by atoms with Crippen molar-refractivity contribution in [3.05, 3.63) is 35.7 Å². The highest BCUT2D eigenvalue weighted by Crippen LogP contribution is 2.33. The lowest BCUT2D eigenvalue weighted by Gasteiger charge is -2.30. The van der Waals surface area contributed by atoms with Crippen LogP contribution in [0.3, 0.4) is 0 Å². The standard InChI is InChI=1S/C28H40ClN5O3/c1-28(2,3)37-27(35)32-16-19-5-7-20(8-6-19)33-25-15-26(29)31-18-23(25)24-10-9-22(17-30-24)36-21-11-13-34(4)14-12-21/h9-10,15,17-21H,5-8,11-14,16H2,1-4H3,(H,31,33)(H,32,35). The first kappa shape index (κ1) is 27.5. The van der Waals surface area contributed by atoms with Gasteiger partial charge in [0.2, 0.25) is 0 Å². The van der Waals surface area contributed by atoms with E-state index >= 15 is 0 Å². The van der Waals surface area contributed by atoms with Crippen LogP contribution in [-0.2, 0) is 4.74 Å².